The number of carboxylic acids is 1. The molecule has 3 amide bonds. The van der Waals surface area contributed by atoms with Crippen LogP contribution in [-0.4, -0.2) is 66.3 Å². The van der Waals surface area contributed by atoms with E-state index in [9.17, 15) is 14.4 Å². The van der Waals surface area contributed by atoms with Crippen LogP contribution in [0.1, 0.15) is 57.8 Å². The molecule has 8 heteroatoms. The minimum atomic E-state index is -1.02. The van der Waals surface area contributed by atoms with E-state index in [1.807, 2.05) is 0 Å². The van der Waals surface area contributed by atoms with Crippen molar-refractivity contribution >= 4 is 17.9 Å². The predicted molar refractivity (Wildman–Crippen MR) is 95.8 cm³/mol. The average Bonchev–Trinajstić information content (AvgIpc) is 2.65. The van der Waals surface area contributed by atoms with Crippen molar-refractivity contribution in [2.75, 3.05) is 26.3 Å². The summed E-state index contributed by atoms with van der Waals surface area (Å²) in [6.45, 7) is 1.36. The van der Waals surface area contributed by atoms with Crippen LogP contribution in [0, 0.1) is 0 Å². The minimum absolute atomic E-state index is 0.0566. The van der Waals surface area contributed by atoms with Crippen LogP contribution in [0.5, 0.6) is 0 Å². The van der Waals surface area contributed by atoms with Crippen LogP contribution in [0.3, 0.4) is 0 Å². The van der Waals surface area contributed by atoms with Crippen LogP contribution in [0.25, 0.3) is 0 Å². The smallest absolute Gasteiger partial charge is 0.328 e. The number of hydrogen-bond donors (Lipinski definition) is 3. The number of rotatable bonds is 8. The van der Waals surface area contributed by atoms with Crippen molar-refractivity contribution in [3.63, 3.8) is 0 Å². The lowest BCUT2D eigenvalue weighted by Crippen LogP contribution is -2.52. The van der Waals surface area contributed by atoms with Crippen LogP contribution in [0.4, 0.5) is 4.79 Å². The molecule has 2 rings (SSSR count). The monoisotopic (exact) mass is 369 g/mol. The Balaban J connectivity index is 1.53. The van der Waals surface area contributed by atoms with Crippen LogP contribution >= 0.6 is 0 Å². The number of carboxylic acid groups (broad SMARTS) is 1. The number of unbranched alkanes of at least 4 members (excludes halogenated alkanes) is 2. The van der Waals surface area contributed by atoms with Gasteiger partial charge in [0.1, 0.15) is 0 Å². The first kappa shape index (κ1) is 20.5. The van der Waals surface area contributed by atoms with Crippen LogP contribution in [-0.2, 0) is 14.3 Å². The zero-order chi connectivity index (χ0) is 18.8. The number of ether oxygens (including phenoxy) is 1. The third-order valence-electron chi connectivity index (χ3n) is 5.03. The molecule has 0 aromatic heterocycles. The van der Waals surface area contributed by atoms with Crippen LogP contribution < -0.4 is 10.6 Å². The van der Waals surface area contributed by atoms with E-state index in [-0.39, 0.29) is 18.5 Å². The number of hydrogen-bond acceptors (Lipinski definition) is 4. The van der Waals surface area contributed by atoms with Crippen molar-refractivity contribution in [3.05, 3.63) is 0 Å². The summed E-state index contributed by atoms with van der Waals surface area (Å²) in [5.74, 6) is -1.16. The van der Waals surface area contributed by atoms with Crippen molar-refractivity contribution in [2.45, 2.75) is 69.9 Å². The summed E-state index contributed by atoms with van der Waals surface area (Å²) in [6.07, 6.45) is 8.40. The Morgan fingerprint density at radius 3 is 2.58 bits per heavy atom. The fourth-order valence-electron chi connectivity index (χ4n) is 3.51. The molecule has 0 spiro atoms. The summed E-state index contributed by atoms with van der Waals surface area (Å²) in [5, 5.41) is 15.0. The highest BCUT2D eigenvalue weighted by atomic mass is 16.5. The number of morpholine rings is 1. The van der Waals surface area contributed by atoms with Crippen LogP contribution in [0.15, 0.2) is 0 Å². The van der Waals surface area contributed by atoms with Gasteiger partial charge >= 0.3 is 12.0 Å². The zero-order valence-corrected chi connectivity index (χ0v) is 15.4. The summed E-state index contributed by atoms with van der Waals surface area (Å²) in [7, 11) is 0. The SMILES string of the molecule is O=C(NCCCCCC(=O)N1CCOCC1C(=O)O)NC1CCCCC1. The van der Waals surface area contributed by atoms with Gasteiger partial charge in [0.05, 0.1) is 13.2 Å². The van der Waals surface area contributed by atoms with Gasteiger partial charge in [-0.3, -0.25) is 4.79 Å². The third-order valence-corrected chi connectivity index (χ3v) is 5.03. The highest BCUT2D eigenvalue weighted by molar-refractivity contribution is 5.84. The lowest BCUT2D eigenvalue weighted by atomic mass is 9.96. The molecule has 8 nitrogen and oxygen atoms in total. The average molecular weight is 369 g/mol. The molecule has 1 aliphatic heterocycles. The van der Waals surface area contributed by atoms with Crippen molar-refractivity contribution in [3.8, 4) is 0 Å². The molecule has 1 saturated carbocycles. The zero-order valence-electron chi connectivity index (χ0n) is 15.4. The number of carbonyl (C=O) groups excluding carboxylic acids is 2. The number of amides is 3. The van der Waals surface area contributed by atoms with Crippen molar-refractivity contribution < 1.29 is 24.2 Å². The molecule has 1 saturated heterocycles. The Kier molecular flexibility index (Phi) is 8.67. The Bertz CT molecular complexity index is 479. The second-order valence-electron chi connectivity index (χ2n) is 7.06. The molecule has 0 radical (unpaired) electrons. The summed E-state index contributed by atoms with van der Waals surface area (Å²) >= 11 is 0. The fourth-order valence-corrected chi connectivity index (χ4v) is 3.51. The second kappa shape index (κ2) is 11.0. The number of nitrogens with zero attached hydrogens (tertiary/aromatic N) is 1. The molecule has 0 bridgehead atoms. The van der Waals surface area contributed by atoms with E-state index in [0.717, 1.165) is 25.7 Å². The minimum Gasteiger partial charge on any atom is -0.480 e. The Morgan fingerprint density at radius 1 is 1.08 bits per heavy atom. The third kappa shape index (κ3) is 6.82. The molecule has 2 aliphatic rings. The first-order valence-electron chi connectivity index (χ1n) is 9.72. The second-order valence-corrected chi connectivity index (χ2v) is 7.06. The van der Waals surface area contributed by atoms with Crippen molar-refractivity contribution in [1.29, 1.82) is 0 Å². The number of nitrogens with one attached hydrogen (secondary N) is 2. The molecule has 0 aromatic rings. The predicted octanol–water partition coefficient (Wildman–Crippen LogP) is 1.49. The van der Waals surface area contributed by atoms with Gasteiger partial charge in [0, 0.05) is 25.6 Å². The van der Waals surface area contributed by atoms with Gasteiger partial charge in [-0.2, -0.15) is 0 Å². The molecule has 148 valence electrons. The first-order chi connectivity index (χ1) is 12.6. The lowest BCUT2D eigenvalue weighted by Gasteiger charge is -2.32. The first-order valence-corrected chi connectivity index (χ1v) is 9.72. The highest BCUT2D eigenvalue weighted by Crippen LogP contribution is 2.17. The standard InChI is InChI=1S/C18H31N3O5/c22-16(21-11-12-26-13-15(21)17(23)24)9-5-2-6-10-19-18(25)20-14-7-3-1-4-8-14/h14-15H,1-13H2,(H,23,24)(H2,19,20,25). The lowest BCUT2D eigenvalue weighted by molar-refractivity contribution is -0.158. The number of carbonyl (C=O) groups is 3. The molecule has 0 aromatic carbocycles. The molecule has 1 atom stereocenters. The van der Waals surface area contributed by atoms with Gasteiger partial charge in [0.15, 0.2) is 6.04 Å². The molecule has 3 N–H and O–H groups in total. The van der Waals surface area contributed by atoms with E-state index in [2.05, 4.69) is 10.6 Å². The molecule has 1 aliphatic carbocycles. The highest BCUT2D eigenvalue weighted by Gasteiger charge is 2.32. The maximum Gasteiger partial charge on any atom is 0.328 e. The molecule has 1 heterocycles. The Morgan fingerprint density at radius 2 is 1.85 bits per heavy atom. The molecule has 1 unspecified atom stereocenters. The molecular weight excluding hydrogens is 338 g/mol. The van der Waals surface area contributed by atoms with E-state index in [4.69, 9.17) is 9.84 Å². The van der Waals surface area contributed by atoms with Gasteiger partial charge in [0.25, 0.3) is 0 Å². The Labute approximate surface area is 154 Å². The van der Waals surface area contributed by atoms with Gasteiger partial charge < -0.3 is 25.4 Å². The molecule has 2 fully saturated rings. The van der Waals surface area contributed by atoms with Crippen molar-refractivity contribution in [2.24, 2.45) is 0 Å². The van der Waals surface area contributed by atoms with E-state index in [1.54, 1.807) is 0 Å². The number of aliphatic carboxylic acids is 1. The number of urea groups is 1. The largest absolute Gasteiger partial charge is 0.480 e. The normalized spacial score (nSPS) is 21.2. The molecular formula is C18H31N3O5. The van der Waals surface area contributed by atoms with Gasteiger partial charge in [-0.1, -0.05) is 25.7 Å². The van der Waals surface area contributed by atoms with E-state index < -0.39 is 12.0 Å². The van der Waals surface area contributed by atoms with E-state index in [0.29, 0.717) is 38.6 Å². The molecule has 26 heavy (non-hydrogen) atoms. The van der Waals surface area contributed by atoms with E-state index in [1.165, 1.54) is 24.2 Å². The van der Waals surface area contributed by atoms with Gasteiger partial charge in [-0.25, -0.2) is 9.59 Å². The van der Waals surface area contributed by atoms with Crippen LogP contribution in [0.2, 0.25) is 0 Å². The Hall–Kier alpha value is -1.83. The quantitative estimate of drug-likeness (QED) is 0.562. The topological polar surface area (TPSA) is 108 Å². The summed E-state index contributed by atoms with van der Waals surface area (Å²) < 4.78 is 5.14. The van der Waals surface area contributed by atoms with Gasteiger partial charge in [-0.05, 0) is 25.7 Å². The van der Waals surface area contributed by atoms with Gasteiger partial charge in [-0.15, -0.1) is 0 Å². The fraction of sp³-hybridized carbons (Fsp3) is 0.833. The maximum absolute atomic E-state index is 12.2. The van der Waals surface area contributed by atoms with Gasteiger partial charge in [0.2, 0.25) is 5.91 Å². The maximum atomic E-state index is 12.2. The summed E-state index contributed by atoms with van der Waals surface area (Å²) in [5.41, 5.74) is 0. The summed E-state index contributed by atoms with van der Waals surface area (Å²) in [6, 6.07) is -0.677. The van der Waals surface area contributed by atoms with Crippen molar-refractivity contribution in [1.82, 2.24) is 15.5 Å². The van der Waals surface area contributed by atoms with E-state index >= 15 is 0 Å². The summed E-state index contributed by atoms with van der Waals surface area (Å²) in [4.78, 5) is 36.6.